The quantitative estimate of drug-likeness (QED) is 0.481. The molecule has 0 aromatic heterocycles. The van der Waals surface area contributed by atoms with Gasteiger partial charge in [-0.1, -0.05) is 18.2 Å². The molecule has 0 aliphatic carbocycles. The third kappa shape index (κ3) is 4.95. The van der Waals surface area contributed by atoms with Gasteiger partial charge < -0.3 is 14.7 Å². The monoisotopic (exact) mass is 476 g/mol. The van der Waals surface area contributed by atoms with Crippen LogP contribution in [0.4, 0.5) is 30.2 Å². The number of carbonyl (C=O) groups is 1. The Morgan fingerprint density at radius 2 is 1.56 bits per heavy atom. The van der Waals surface area contributed by atoms with Crippen LogP contribution in [0, 0.1) is 23.0 Å². The number of amides is 1. The van der Waals surface area contributed by atoms with E-state index in [-0.39, 0.29) is 17.5 Å². The number of carbonyl (C=O) groups excluding carboxylic acids is 1. The lowest BCUT2D eigenvalue weighted by molar-refractivity contribution is -0.384. The van der Waals surface area contributed by atoms with Crippen LogP contribution in [-0.2, 0) is 11.0 Å². The fourth-order valence-electron chi connectivity index (χ4n) is 4.82. The minimum atomic E-state index is -4.65. The third-order valence-electron chi connectivity index (χ3n) is 6.73. The van der Waals surface area contributed by atoms with E-state index < -0.39 is 22.4 Å². The van der Waals surface area contributed by atoms with Crippen molar-refractivity contribution in [3.63, 3.8) is 0 Å². The summed E-state index contributed by atoms with van der Waals surface area (Å²) in [5.74, 6) is -0.0965. The Kier molecular flexibility index (Phi) is 6.67. The number of benzene rings is 2. The zero-order chi connectivity index (χ0) is 24.5. The van der Waals surface area contributed by atoms with E-state index in [1.54, 1.807) is 4.90 Å². The summed E-state index contributed by atoms with van der Waals surface area (Å²) >= 11 is 0. The van der Waals surface area contributed by atoms with Gasteiger partial charge in [0.05, 0.1) is 10.5 Å². The standard InChI is InChI=1S/C24H27F3N4O3/c1-17-4-2-3-5-20(17)29-12-14-30(15-13-29)23(32)18-8-10-28(11-9-18)21-7-6-19(24(25,26)27)16-22(21)31(33)34/h2-7,16,18H,8-15H2,1H3. The number of nitrogens with zero attached hydrogens (tertiary/aromatic N) is 4. The Labute approximate surface area is 195 Å². The van der Waals surface area contributed by atoms with Gasteiger partial charge in [-0.25, -0.2) is 0 Å². The largest absolute Gasteiger partial charge is 0.416 e. The van der Waals surface area contributed by atoms with Crippen LogP contribution in [-0.4, -0.2) is 55.0 Å². The Hall–Kier alpha value is -3.30. The number of piperidine rings is 1. The molecule has 2 aromatic rings. The van der Waals surface area contributed by atoms with Crippen molar-refractivity contribution in [3.8, 4) is 0 Å². The van der Waals surface area contributed by atoms with Gasteiger partial charge in [0.15, 0.2) is 0 Å². The van der Waals surface area contributed by atoms with Crippen LogP contribution in [0.25, 0.3) is 0 Å². The second-order valence-electron chi connectivity index (χ2n) is 8.82. The second-order valence-corrected chi connectivity index (χ2v) is 8.82. The van der Waals surface area contributed by atoms with Gasteiger partial charge in [-0.3, -0.25) is 14.9 Å². The van der Waals surface area contributed by atoms with E-state index in [0.29, 0.717) is 45.1 Å². The summed E-state index contributed by atoms with van der Waals surface area (Å²) in [4.78, 5) is 29.6. The van der Waals surface area contributed by atoms with Crippen LogP contribution in [0.5, 0.6) is 0 Å². The zero-order valence-electron chi connectivity index (χ0n) is 18.9. The molecule has 0 bridgehead atoms. The molecule has 2 aliphatic rings. The van der Waals surface area contributed by atoms with Gasteiger partial charge in [0, 0.05) is 56.9 Å². The number of nitro groups is 1. The highest BCUT2D eigenvalue weighted by Crippen LogP contribution is 2.38. The molecular weight excluding hydrogens is 449 g/mol. The topological polar surface area (TPSA) is 69.9 Å². The molecule has 34 heavy (non-hydrogen) atoms. The number of para-hydroxylation sites is 1. The summed E-state index contributed by atoms with van der Waals surface area (Å²) in [7, 11) is 0. The number of rotatable bonds is 4. The van der Waals surface area contributed by atoms with Crippen LogP contribution >= 0.6 is 0 Å². The Bertz CT molecular complexity index is 1060. The predicted molar refractivity (Wildman–Crippen MR) is 123 cm³/mol. The fourth-order valence-corrected chi connectivity index (χ4v) is 4.82. The zero-order valence-corrected chi connectivity index (χ0v) is 18.9. The molecule has 10 heteroatoms. The predicted octanol–water partition coefficient (Wildman–Crippen LogP) is 4.49. The van der Waals surface area contributed by atoms with Gasteiger partial charge in [0.2, 0.25) is 5.91 Å². The van der Waals surface area contributed by atoms with Crippen LogP contribution in [0.15, 0.2) is 42.5 Å². The van der Waals surface area contributed by atoms with Crippen molar-refractivity contribution in [2.45, 2.75) is 25.9 Å². The molecule has 0 N–H and O–H groups in total. The number of hydrogen-bond acceptors (Lipinski definition) is 5. The van der Waals surface area contributed by atoms with Gasteiger partial charge in [0.25, 0.3) is 5.69 Å². The Morgan fingerprint density at radius 3 is 2.15 bits per heavy atom. The molecule has 2 fully saturated rings. The minimum Gasteiger partial charge on any atom is -0.368 e. The van der Waals surface area contributed by atoms with Crippen molar-refractivity contribution in [1.29, 1.82) is 0 Å². The summed E-state index contributed by atoms with van der Waals surface area (Å²) in [5, 5.41) is 11.4. The number of hydrogen-bond donors (Lipinski definition) is 0. The molecule has 0 saturated carbocycles. The molecule has 2 aromatic carbocycles. The van der Waals surface area contributed by atoms with E-state index in [9.17, 15) is 28.1 Å². The van der Waals surface area contributed by atoms with Crippen LogP contribution in [0.2, 0.25) is 0 Å². The molecule has 2 saturated heterocycles. The van der Waals surface area contributed by atoms with Crippen molar-refractivity contribution in [2.75, 3.05) is 49.1 Å². The highest BCUT2D eigenvalue weighted by molar-refractivity contribution is 5.80. The summed E-state index contributed by atoms with van der Waals surface area (Å²) in [6.45, 7) is 5.62. The first-order valence-electron chi connectivity index (χ1n) is 11.3. The highest BCUT2D eigenvalue weighted by Gasteiger charge is 2.35. The lowest BCUT2D eigenvalue weighted by Gasteiger charge is -2.40. The minimum absolute atomic E-state index is 0.0889. The van der Waals surface area contributed by atoms with E-state index in [1.807, 2.05) is 17.0 Å². The number of anilines is 2. The van der Waals surface area contributed by atoms with Crippen molar-refractivity contribution >= 4 is 23.0 Å². The van der Waals surface area contributed by atoms with Crippen molar-refractivity contribution in [3.05, 3.63) is 63.7 Å². The number of piperazine rings is 1. The fraction of sp³-hybridized carbons (Fsp3) is 0.458. The van der Waals surface area contributed by atoms with E-state index in [4.69, 9.17) is 0 Å². The molecule has 0 unspecified atom stereocenters. The Morgan fingerprint density at radius 1 is 0.941 bits per heavy atom. The van der Waals surface area contributed by atoms with Gasteiger partial charge in [0.1, 0.15) is 5.69 Å². The van der Waals surface area contributed by atoms with Crippen LogP contribution < -0.4 is 9.80 Å². The SMILES string of the molecule is Cc1ccccc1N1CCN(C(=O)C2CCN(c3ccc(C(F)(F)F)cc3[N+](=O)[O-])CC2)CC1. The molecule has 0 radical (unpaired) electrons. The maximum absolute atomic E-state index is 13.1. The lowest BCUT2D eigenvalue weighted by atomic mass is 9.94. The molecule has 0 spiro atoms. The van der Waals surface area contributed by atoms with E-state index in [2.05, 4.69) is 24.0 Å². The first kappa shape index (κ1) is 23.8. The maximum Gasteiger partial charge on any atom is 0.416 e. The first-order valence-corrected chi connectivity index (χ1v) is 11.3. The normalized spacial score (nSPS) is 17.7. The number of nitro benzene ring substituents is 1. The number of halogens is 3. The smallest absolute Gasteiger partial charge is 0.368 e. The van der Waals surface area contributed by atoms with Crippen molar-refractivity contribution in [1.82, 2.24) is 4.90 Å². The molecule has 4 rings (SSSR count). The highest BCUT2D eigenvalue weighted by atomic mass is 19.4. The summed E-state index contributed by atoms with van der Waals surface area (Å²) in [6.07, 6.45) is -3.63. The molecule has 2 heterocycles. The van der Waals surface area contributed by atoms with E-state index >= 15 is 0 Å². The maximum atomic E-state index is 13.1. The average molecular weight is 476 g/mol. The molecule has 0 atom stereocenters. The second kappa shape index (κ2) is 9.52. The molecule has 1 amide bonds. The van der Waals surface area contributed by atoms with Gasteiger partial charge in [-0.2, -0.15) is 13.2 Å². The van der Waals surface area contributed by atoms with Gasteiger partial charge in [-0.05, 0) is 43.5 Å². The summed E-state index contributed by atoms with van der Waals surface area (Å²) in [5.41, 5.74) is 0.938. The molecular formula is C24H27F3N4O3. The van der Waals surface area contributed by atoms with Crippen LogP contribution in [0.1, 0.15) is 24.0 Å². The summed E-state index contributed by atoms with van der Waals surface area (Å²) in [6, 6.07) is 10.8. The lowest BCUT2D eigenvalue weighted by Crippen LogP contribution is -2.51. The van der Waals surface area contributed by atoms with E-state index in [1.165, 1.54) is 11.3 Å². The average Bonchev–Trinajstić information content (AvgIpc) is 2.83. The number of alkyl halides is 3. The molecule has 2 aliphatic heterocycles. The first-order chi connectivity index (χ1) is 16.1. The molecule has 7 nitrogen and oxygen atoms in total. The van der Waals surface area contributed by atoms with Gasteiger partial charge in [-0.15, -0.1) is 0 Å². The Balaban J connectivity index is 1.36. The molecule has 182 valence electrons. The number of aryl methyl sites for hydroxylation is 1. The van der Waals surface area contributed by atoms with Crippen LogP contribution in [0.3, 0.4) is 0 Å². The van der Waals surface area contributed by atoms with E-state index in [0.717, 1.165) is 25.2 Å². The summed E-state index contributed by atoms with van der Waals surface area (Å²) < 4.78 is 38.9. The van der Waals surface area contributed by atoms with Crippen molar-refractivity contribution in [2.24, 2.45) is 5.92 Å². The third-order valence-corrected chi connectivity index (χ3v) is 6.73. The van der Waals surface area contributed by atoms with Crippen molar-refractivity contribution < 1.29 is 22.9 Å². The van der Waals surface area contributed by atoms with Gasteiger partial charge >= 0.3 is 6.18 Å².